The van der Waals surface area contributed by atoms with E-state index in [-0.39, 0.29) is 24.0 Å². The molecule has 7 nitrogen and oxygen atoms in total. The summed E-state index contributed by atoms with van der Waals surface area (Å²) in [4.78, 5) is 16.2. The van der Waals surface area contributed by atoms with Crippen LogP contribution in [0, 0.1) is 5.41 Å². The zero-order valence-corrected chi connectivity index (χ0v) is 19.7. The van der Waals surface area contributed by atoms with E-state index in [4.69, 9.17) is 9.47 Å². The van der Waals surface area contributed by atoms with E-state index < -0.39 is 17.2 Å². The lowest BCUT2D eigenvalue weighted by Crippen LogP contribution is -2.54. The minimum Gasteiger partial charge on any atom is -0.444 e. The molecule has 0 aromatic carbocycles. The quantitative estimate of drug-likeness (QED) is 0.280. The standard InChI is InChI=1S/C18H36N4O3.HI/c1-16(2,3)25-15(23)22-17(4,5)12-20-14(19-6)21-13-18(8-9-18)10-11-24-7;/h8-13H2,1-7H3,(H,22,23)(H2,19,20,21);1H. The van der Waals surface area contributed by atoms with Crippen molar-refractivity contribution in [3.8, 4) is 0 Å². The van der Waals surface area contributed by atoms with Gasteiger partial charge < -0.3 is 25.4 Å². The summed E-state index contributed by atoms with van der Waals surface area (Å²) in [6.45, 7) is 11.6. The van der Waals surface area contributed by atoms with E-state index in [1.165, 1.54) is 12.8 Å². The Balaban J connectivity index is 0.00000625. The molecule has 0 unspecified atom stereocenters. The van der Waals surface area contributed by atoms with Crippen molar-refractivity contribution in [3.05, 3.63) is 0 Å². The van der Waals surface area contributed by atoms with Gasteiger partial charge in [0.1, 0.15) is 5.60 Å². The van der Waals surface area contributed by atoms with Gasteiger partial charge in [-0.25, -0.2) is 4.79 Å². The number of aliphatic imine (C=N–C) groups is 1. The fourth-order valence-corrected chi connectivity index (χ4v) is 2.43. The van der Waals surface area contributed by atoms with Gasteiger partial charge in [0.25, 0.3) is 0 Å². The maximum atomic E-state index is 11.9. The predicted molar refractivity (Wildman–Crippen MR) is 116 cm³/mol. The molecule has 0 aromatic heterocycles. The number of amides is 1. The smallest absolute Gasteiger partial charge is 0.408 e. The fourth-order valence-electron chi connectivity index (χ4n) is 2.43. The number of methoxy groups -OCH3 is 1. The predicted octanol–water partition coefficient (Wildman–Crippen LogP) is 2.89. The third-order valence-electron chi connectivity index (χ3n) is 4.19. The lowest BCUT2D eigenvalue weighted by Gasteiger charge is -2.29. The second-order valence-corrected chi connectivity index (χ2v) is 8.53. The highest BCUT2D eigenvalue weighted by Crippen LogP contribution is 2.48. The van der Waals surface area contributed by atoms with Gasteiger partial charge in [-0.3, -0.25) is 4.99 Å². The van der Waals surface area contributed by atoms with Crippen LogP contribution >= 0.6 is 24.0 Å². The number of alkyl carbamates (subject to hydrolysis) is 1. The van der Waals surface area contributed by atoms with E-state index >= 15 is 0 Å². The first kappa shape index (κ1) is 25.2. The molecule has 154 valence electrons. The van der Waals surface area contributed by atoms with Crippen LogP contribution in [0.25, 0.3) is 0 Å². The van der Waals surface area contributed by atoms with E-state index in [1.807, 2.05) is 34.6 Å². The number of guanidine groups is 1. The molecule has 1 amide bonds. The molecule has 26 heavy (non-hydrogen) atoms. The Bertz CT molecular complexity index is 472. The Kier molecular flexibility index (Phi) is 10.2. The van der Waals surface area contributed by atoms with Gasteiger partial charge >= 0.3 is 6.09 Å². The fraction of sp³-hybridized carbons (Fsp3) is 0.889. The van der Waals surface area contributed by atoms with E-state index in [1.54, 1.807) is 14.2 Å². The van der Waals surface area contributed by atoms with Gasteiger partial charge in [-0.15, -0.1) is 24.0 Å². The summed E-state index contributed by atoms with van der Waals surface area (Å²) in [5.41, 5.74) is -0.628. The second kappa shape index (κ2) is 10.5. The average Bonchev–Trinajstić information content (AvgIpc) is 3.23. The van der Waals surface area contributed by atoms with Crippen molar-refractivity contribution in [2.24, 2.45) is 10.4 Å². The minimum absolute atomic E-state index is 0. The summed E-state index contributed by atoms with van der Waals surface area (Å²) < 4.78 is 10.5. The summed E-state index contributed by atoms with van der Waals surface area (Å²) in [6, 6.07) is 0. The molecule has 1 rings (SSSR count). The molecule has 0 aromatic rings. The normalized spacial score (nSPS) is 16.3. The van der Waals surface area contributed by atoms with Crippen LogP contribution < -0.4 is 16.0 Å². The van der Waals surface area contributed by atoms with Gasteiger partial charge in [0.05, 0.1) is 5.54 Å². The number of nitrogens with zero attached hydrogens (tertiary/aromatic N) is 1. The SMILES string of the molecule is CN=C(NCC1(CCOC)CC1)NCC(C)(C)NC(=O)OC(C)(C)C.I. The molecule has 0 spiro atoms. The van der Waals surface area contributed by atoms with Crippen LogP contribution in [-0.2, 0) is 9.47 Å². The van der Waals surface area contributed by atoms with E-state index in [2.05, 4.69) is 20.9 Å². The number of ether oxygens (including phenoxy) is 2. The van der Waals surface area contributed by atoms with E-state index in [9.17, 15) is 4.79 Å². The van der Waals surface area contributed by atoms with Crippen LogP contribution in [0.1, 0.15) is 53.9 Å². The zero-order chi connectivity index (χ0) is 19.1. The number of carbonyl (C=O) groups excluding carboxylic acids is 1. The topological polar surface area (TPSA) is 84.0 Å². The molecule has 0 bridgehead atoms. The molecule has 1 fully saturated rings. The molecule has 0 atom stereocenters. The van der Waals surface area contributed by atoms with Crippen LogP contribution in [-0.4, -0.2) is 57.0 Å². The van der Waals surface area contributed by atoms with Gasteiger partial charge in [-0.2, -0.15) is 0 Å². The Morgan fingerprint density at radius 2 is 1.77 bits per heavy atom. The van der Waals surface area contributed by atoms with Crippen LogP contribution in [0.15, 0.2) is 4.99 Å². The summed E-state index contributed by atoms with van der Waals surface area (Å²) in [7, 11) is 3.49. The number of halogens is 1. The number of hydrogen-bond donors (Lipinski definition) is 3. The molecular weight excluding hydrogens is 447 g/mol. The molecule has 8 heteroatoms. The van der Waals surface area contributed by atoms with Gasteiger partial charge in [0.2, 0.25) is 0 Å². The highest BCUT2D eigenvalue weighted by Gasteiger charge is 2.41. The first-order chi connectivity index (χ1) is 11.5. The zero-order valence-electron chi connectivity index (χ0n) is 17.3. The van der Waals surface area contributed by atoms with Crippen molar-refractivity contribution in [1.82, 2.24) is 16.0 Å². The molecule has 1 aliphatic carbocycles. The second-order valence-electron chi connectivity index (χ2n) is 8.53. The molecule has 0 heterocycles. The van der Waals surface area contributed by atoms with Gasteiger partial charge in [-0.05, 0) is 59.3 Å². The van der Waals surface area contributed by atoms with Gasteiger partial charge in [0, 0.05) is 33.9 Å². The van der Waals surface area contributed by atoms with Crippen molar-refractivity contribution < 1.29 is 14.3 Å². The monoisotopic (exact) mass is 484 g/mol. The van der Waals surface area contributed by atoms with Crippen LogP contribution in [0.4, 0.5) is 4.79 Å². The Morgan fingerprint density at radius 3 is 2.23 bits per heavy atom. The van der Waals surface area contributed by atoms with Gasteiger partial charge in [0.15, 0.2) is 5.96 Å². The average molecular weight is 484 g/mol. The number of hydrogen-bond acceptors (Lipinski definition) is 4. The van der Waals surface area contributed by atoms with Crippen LogP contribution in [0.2, 0.25) is 0 Å². The van der Waals surface area contributed by atoms with Crippen molar-refractivity contribution in [3.63, 3.8) is 0 Å². The summed E-state index contributed by atoms with van der Waals surface area (Å²) >= 11 is 0. The third kappa shape index (κ3) is 10.4. The van der Waals surface area contributed by atoms with Crippen molar-refractivity contribution in [2.45, 2.75) is 65.0 Å². The van der Waals surface area contributed by atoms with E-state index in [0.717, 1.165) is 25.5 Å². The number of carbonyl (C=O) groups is 1. The Morgan fingerprint density at radius 1 is 1.15 bits per heavy atom. The van der Waals surface area contributed by atoms with Crippen LogP contribution in [0.5, 0.6) is 0 Å². The number of nitrogens with one attached hydrogen (secondary N) is 3. The minimum atomic E-state index is -0.508. The van der Waals surface area contributed by atoms with Crippen molar-refractivity contribution in [2.75, 3.05) is 33.9 Å². The largest absolute Gasteiger partial charge is 0.444 e. The maximum Gasteiger partial charge on any atom is 0.408 e. The molecule has 0 radical (unpaired) electrons. The van der Waals surface area contributed by atoms with Crippen LogP contribution in [0.3, 0.4) is 0 Å². The Labute approximate surface area is 175 Å². The molecule has 1 saturated carbocycles. The van der Waals surface area contributed by atoms with Crippen molar-refractivity contribution >= 4 is 36.0 Å². The van der Waals surface area contributed by atoms with Gasteiger partial charge in [-0.1, -0.05) is 0 Å². The third-order valence-corrected chi connectivity index (χ3v) is 4.19. The molecular formula is C18H37IN4O3. The first-order valence-corrected chi connectivity index (χ1v) is 8.95. The summed E-state index contributed by atoms with van der Waals surface area (Å²) in [5.74, 6) is 0.739. The lowest BCUT2D eigenvalue weighted by molar-refractivity contribution is 0.0474. The first-order valence-electron chi connectivity index (χ1n) is 8.95. The number of rotatable bonds is 8. The summed E-state index contributed by atoms with van der Waals surface area (Å²) in [6.07, 6.45) is 3.11. The molecule has 0 saturated heterocycles. The summed E-state index contributed by atoms with van der Waals surface area (Å²) in [5, 5.41) is 9.54. The maximum absolute atomic E-state index is 11.9. The van der Waals surface area contributed by atoms with E-state index in [0.29, 0.717) is 12.0 Å². The molecule has 1 aliphatic rings. The Hall–Kier alpha value is -0.770. The highest BCUT2D eigenvalue weighted by molar-refractivity contribution is 14.0. The highest BCUT2D eigenvalue weighted by atomic mass is 127. The van der Waals surface area contributed by atoms with Crippen molar-refractivity contribution in [1.29, 1.82) is 0 Å². The molecule has 0 aliphatic heterocycles. The molecule has 3 N–H and O–H groups in total. The lowest BCUT2D eigenvalue weighted by atomic mass is 10.0.